The van der Waals surface area contributed by atoms with Gasteiger partial charge < -0.3 is 9.64 Å². The van der Waals surface area contributed by atoms with Crippen molar-refractivity contribution < 1.29 is 17.9 Å². The summed E-state index contributed by atoms with van der Waals surface area (Å²) in [6, 6.07) is 5.49. The van der Waals surface area contributed by atoms with Crippen LogP contribution in [0.2, 0.25) is 0 Å². The van der Waals surface area contributed by atoms with Gasteiger partial charge in [0.05, 0.1) is 18.3 Å². The molecular formula is C18H14F3N7O2. The second-order valence-corrected chi connectivity index (χ2v) is 6.53. The van der Waals surface area contributed by atoms with E-state index >= 15 is 0 Å². The monoisotopic (exact) mass is 417 g/mol. The lowest BCUT2D eigenvalue weighted by molar-refractivity contribution is -0.141. The molecule has 0 aliphatic carbocycles. The van der Waals surface area contributed by atoms with Gasteiger partial charge in [-0.25, -0.2) is 14.6 Å². The number of alkyl halides is 3. The zero-order valence-electron chi connectivity index (χ0n) is 15.3. The van der Waals surface area contributed by atoms with Gasteiger partial charge in [-0.15, -0.1) is 0 Å². The van der Waals surface area contributed by atoms with Crippen LogP contribution in [0, 0.1) is 11.3 Å². The first kappa shape index (κ1) is 19.4. The van der Waals surface area contributed by atoms with E-state index in [4.69, 9.17) is 10.00 Å². The van der Waals surface area contributed by atoms with Crippen molar-refractivity contribution in [2.45, 2.75) is 18.7 Å². The number of halogens is 3. The van der Waals surface area contributed by atoms with Crippen molar-refractivity contribution in [1.29, 1.82) is 5.26 Å². The Morgan fingerprint density at radius 3 is 2.80 bits per heavy atom. The third-order valence-corrected chi connectivity index (χ3v) is 4.56. The first-order valence-corrected chi connectivity index (χ1v) is 8.82. The van der Waals surface area contributed by atoms with E-state index in [1.165, 1.54) is 24.8 Å². The molecule has 0 unspecified atom stereocenters. The molecule has 0 spiro atoms. The molecule has 0 aromatic carbocycles. The van der Waals surface area contributed by atoms with Gasteiger partial charge >= 0.3 is 6.18 Å². The highest BCUT2D eigenvalue weighted by Gasteiger charge is 2.34. The molecule has 1 saturated heterocycles. The van der Waals surface area contributed by atoms with Gasteiger partial charge in [0.2, 0.25) is 0 Å². The van der Waals surface area contributed by atoms with Crippen molar-refractivity contribution >= 4 is 5.82 Å². The summed E-state index contributed by atoms with van der Waals surface area (Å²) in [6.07, 6.45) is -0.117. The number of aromatic amines is 1. The first-order chi connectivity index (χ1) is 14.3. The predicted octanol–water partition coefficient (Wildman–Crippen LogP) is 1.90. The molecule has 154 valence electrons. The highest BCUT2D eigenvalue weighted by Crippen LogP contribution is 2.27. The number of ether oxygens (including phenoxy) is 1. The summed E-state index contributed by atoms with van der Waals surface area (Å²) in [5.41, 5.74) is -1.67. The number of anilines is 1. The van der Waals surface area contributed by atoms with Crippen LogP contribution in [0.4, 0.5) is 19.0 Å². The minimum atomic E-state index is -4.67. The molecule has 1 atom stereocenters. The Labute approximate surface area is 167 Å². The molecule has 1 fully saturated rings. The zero-order valence-corrected chi connectivity index (χ0v) is 15.3. The normalized spacial score (nSPS) is 16.5. The summed E-state index contributed by atoms with van der Waals surface area (Å²) < 4.78 is 45.1. The average molecular weight is 417 g/mol. The van der Waals surface area contributed by atoms with Gasteiger partial charge in [-0.3, -0.25) is 14.9 Å². The Morgan fingerprint density at radius 1 is 1.27 bits per heavy atom. The van der Waals surface area contributed by atoms with Crippen LogP contribution in [0.1, 0.15) is 17.7 Å². The third-order valence-electron chi connectivity index (χ3n) is 4.56. The highest BCUT2D eigenvalue weighted by molar-refractivity contribution is 5.45. The summed E-state index contributed by atoms with van der Waals surface area (Å²) in [6.45, 7) is 1.00. The number of H-pyrrole nitrogens is 1. The lowest BCUT2D eigenvalue weighted by Crippen LogP contribution is -2.26. The number of nitriles is 1. The van der Waals surface area contributed by atoms with Crippen molar-refractivity contribution in [3.05, 3.63) is 58.5 Å². The van der Waals surface area contributed by atoms with Gasteiger partial charge in [0.1, 0.15) is 30.0 Å². The summed E-state index contributed by atoms with van der Waals surface area (Å²) in [5, 5.41) is 11.2. The number of nitrogens with zero attached hydrogens (tertiary/aromatic N) is 6. The molecule has 0 radical (unpaired) electrons. The molecule has 3 aromatic heterocycles. The van der Waals surface area contributed by atoms with Crippen molar-refractivity contribution in [2.75, 3.05) is 18.0 Å². The van der Waals surface area contributed by atoms with Crippen LogP contribution in [0.25, 0.3) is 5.82 Å². The molecule has 9 nitrogen and oxygen atoms in total. The second-order valence-electron chi connectivity index (χ2n) is 6.53. The van der Waals surface area contributed by atoms with Crippen LogP contribution in [-0.4, -0.2) is 43.9 Å². The van der Waals surface area contributed by atoms with Crippen LogP contribution in [0.5, 0.6) is 5.75 Å². The number of hydrogen-bond donors (Lipinski definition) is 1. The number of pyridine rings is 1. The Bertz CT molecular complexity index is 1170. The number of rotatable bonds is 4. The highest BCUT2D eigenvalue weighted by atomic mass is 19.4. The SMILES string of the molecule is N#Cc1ccncc1O[C@H]1CCN(c2cc(-n3[nH]c(C(F)(F)F)cc3=O)ncn2)C1. The summed E-state index contributed by atoms with van der Waals surface area (Å²) >= 11 is 0. The van der Waals surface area contributed by atoms with E-state index in [1.54, 1.807) is 6.07 Å². The average Bonchev–Trinajstić information content (AvgIpc) is 3.35. The van der Waals surface area contributed by atoms with Gasteiger partial charge in [-0.05, 0) is 6.07 Å². The molecule has 4 heterocycles. The van der Waals surface area contributed by atoms with Gasteiger partial charge in [0.15, 0.2) is 11.6 Å². The van der Waals surface area contributed by atoms with E-state index < -0.39 is 17.4 Å². The maximum absolute atomic E-state index is 12.8. The molecule has 0 amide bonds. The zero-order chi connectivity index (χ0) is 21.3. The van der Waals surface area contributed by atoms with Crippen LogP contribution >= 0.6 is 0 Å². The van der Waals surface area contributed by atoms with Crippen LogP contribution < -0.4 is 15.2 Å². The smallest absolute Gasteiger partial charge is 0.432 e. The van der Waals surface area contributed by atoms with E-state index in [9.17, 15) is 18.0 Å². The van der Waals surface area contributed by atoms with E-state index in [1.807, 2.05) is 16.1 Å². The standard InChI is InChI=1S/C18H14F3N7O2/c19-18(20,21)14-5-17(29)28(26-14)16-6-15(24-10-25-16)27-4-2-12(9-27)30-13-8-23-3-1-11(13)7-22/h1,3,5-6,8,10,12,26H,2,4,9H2/t12-/m0/s1. The molecule has 1 aliphatic rings. The Kier molecular flexibility index (Phi) is 4.86. The first-order valence-electron chi connectivity index (χ1n) is 8.82. The molecule has 3 aromatic rings. The van der Waals surface area contributed by atoms with Crippen LogP contribution in [0.3, 0.4) is 0 Å². The van der Waals surface area contributed by atoms with Crippen molar-refractivity contribution in [3.63, 3.8) is 0 Å². The molecule has 4 rings (SSSR count). The summed E-state index contributed by atoms with van der Waals surface area (Å²) in [5.74, 6) is 0.810. The van der Waals surface area contributed by atoms with Crippen LogP contribution in [-0.2, 0) is 6.18 Å². The van der Waals surface area contributed by atoms with Gasteiger partial charge in [0, 0.05) is 31.3 Å². The van der Waals surface area contributed by atoms with E-state index in [-0.39, 0.29) is 11.9 Å². The van der Waals surface area contributed by atoms with E-state index in [2.05, 4.69) is 15.0 Å². The lowest BCUT2D eigenvalue weighted by Gasteiger charge is -2.18. The molecular weight excluding hydrogens is 403 g/mol. The fourth-order valence-corrected chi connectivity index (χ4v) is 3.12. The van der Waals surface area contributed by atoms with Crippen molar-refractivity contribution in [2.24, 2.45) is 0 Å². The number of nitrogens with one attached hydrogen (secondary N) is 1. The molecule has 30 heavy (non-hydrogen) atoms. The van der Waals surface area contributed by atoms with Gasteiger partial charge in [-0.1, -0.05) is 0 Å². The molecule has 0 saturated carbocycles. The summed E-state index contributed by atoms with van der Waals surface area (Å²) in [4.78, 5) is 25.8. The van der Waals surface area contributed by atoms with Crippen molar-refractivity contribution in [3.8, 4) is 17.6 Å². The van der Waals surface area contributed by atoms with E-state index in [0.717, 1.165) is 0 Å². The molecule has 1 N–H and O–H groups in total. The Morgan fingerprint density at radius 2 is 2.07 bits per heavy atom. The largest absolute Gasteiger partial charge is 0.485 e. The Hall–Kier alpha value is -3.88. The quantitative estimate of drug-likeness (QED) is 0.690. The lowest BCUT2D eigenvalue weighted by atomic mass is 10.2. The van der Waals surface area contributed by atoms with E-state index in [0.29, 0.717) is 47.4 Å². The predicted molar refractivity (Wildman–Crippen MR) is 97.2 cm³/mol. The summed E-state index contributed by atoms with van der Waals surface area (Å²) in [7, 11) is 0. The maximum Gasteiger partial charge on any atom is 0.432 e. The second kappa shape index (κ2) is 7.51. The fourth-order valence-electron chi connectivity index (χ4n) is 3.12. The topological polar surface area (TPSA) is 113 Å². The third kappa shape index (κ3) is 3.82. The fraction of sp³-hybridized carbons (Fsp3) is 0.278. The Balaban J connectivity index is 1.52. The molecule has 12 heteroatoms. The van der Waals surface area contributed by atoms with Gasteiger partial charge in [0.25, 0.3) is 5.56 Å². The maximum atomic E-state index is 12.8. The number of aromatic nitrogens is 5. The minimum absolute atomic E-state index is 0.0103. The molecule has 1 aliphatic heterocycles. The van der Waals surface area contributed by atoms with Gasteiger partial charge in [-0.2, -0.15) is 18.4 Å². The van der Waals surface area contributed by atoms with Crippen LogP contribution in [0.15, 0.2) is 41.7 Å². The molecule has 0 bridgehead atoms. The van der Waals surface area contributed by atoms with Crippen molar-refractivity contribution in [1.82, 2.24) is 24.7 Å². The number of hydrogen-bond acceptors (Lipinski definition) is 7. The minimum Gasteiger partial charge on any atom is -0.485 e.